The minimum atomic E-state index is -0.265. The highest BCUT2D eigenvalue weighted by atomic mass is 32.2. The Morgan fingerprint density at radius 3 is 1.62 bits per heavy atom. The summed E-state index contributed by atoms with van der Waals surface area (Å²) in [6.07, 6.45) is 0. The largest absolute Gasteiger partial charge is 0.465 e. The molecule has 0 bridgehead atoms. The fourth-order valence-corrected chi connectivity index (χ4v) is 7.18. The maximum atomic E-state index is 11.7. The summed E-state index contributed by atoms with van der Waals surface area (Å²) in [5.74, 6) is 2.90. The van der Waals surface area contributed by atoms with Crippen molar-refractivity contribution in [3.05, 3.63) is 42.8 Å². The molecule has 0 atom stereocenters. The second-order valence-electron chi connectivity index (χ2n) is 5.09. The van der Waals surface area contributed by atoms with Crippen LogP contribution in [0.3, 0.4) is 0 Å². The van der Waals surface area contributed by atoms with Crippen molar-refractivity contribution in [2.24, 2.45) is 0 Å². The average Bonchev–Trinajstić information content (AvgIpc) is 3.18. The molecule has 0 unspecified atom stereocenters. The Hall–Kier alpha value is -0.960. The van der Waals surface area contributed by atoms with Gasteiger partial charge in [-0.15, -0.1) is 22.7 Å². The van der Waals surface area contributed by atoms with Gasteiger partial charge in [0.15, 0.2) is 0 Å². The zero-order valence-electron chi connectivity index (χ0n) is 13.2. The van der Waals surface area contributed by atoms with Crippen LogP contribution in [-0.2, 0) is 32.5 Å². The van der Waals surface area contributed by atoms with E-state index in [0.717, 1.165) is 23.0 Å². The van der Waals surface area contributed by atoms with E-state index in [1.807, 2.05) is 23.9 Å². The summed E-state index contributed by atoms with van der Waals surface area (Å²) < 4.78 is 9.65. The van der Waals surface area contributed by atoms with Crippen LogP contribution in [0.1, 0.15) is 40.2 Å². The van der Waals surface area contributed by atoms with E-state index in [4.69, 9.17) is 9.47 Å². The number of esters is 2. The minimum absolute atomic E-state index is 0.265. The monoisotopic (exact) mass is 400 g/mol. The smallest absolute Gasteiger partial charge is 0.348 e. The van der Waals surface area contributed by atoms with E-state index in [9.17, 15) is 9.59 Å². The molecule has 128 valence electrons. The molecule has 1 aliphatic rings. The van der Waals surface area contributed by atoms with Gasteiger partial charge >= 0.3 is 11.9 Å². The number of thioether (sulfide) groups is 2. The van der Waals surface area contributed by atoms with Crippen molar-refractivity contribution in [3.8, 4) is 0 Å². The fraction of sp³-hybridized carbons (Fsp3) is 0.375. The third kappa shape index (κ3) is 3.82. The molecule has 0 aromatic carbocycles. The van der Waals surface area contributed by atoms with E-state index in [-0.39, 0.29) is 11.9 Å². The van der Waals surface area contributed by atoms with Crippen LogP contribution < -0.4 is 0 Å². The predicted molar refractivity (Wildman–Crippen MR) is 101 cm³/mol. The third-order valence-electron chi connectivity index (χ3n) is 3.55. The molecule has 0 aliphatic carbocycles. The first kappa shape index (κ1) is 17.8. The van der Waals surface area contributed by atoms with Gasteiger partial charge in [-0.25, -0.2) is 9.59 Å². The first-order valence-electron chi connectivity index (χ1n) is 7.17. The Kier molecular flexibility index (Phi) is 5.91. The summed E-state index contributed by atoms with van der Waals surface area (Å²) in [5.41, 5.74) is 2.43. The molecule has 0 saturated carbocycles. The highest BCUT2D eigenvalue weighted by molar-refractivity contribution is 7.98. The molecular weight excluding hydrogens is 384 g/mol. The maximum absolute atomic E-state index is 11.7. The summed E-state index contributed by atoms with van der Waals surface area (Å²) in [5, 5.41) is 0. The SMILES string of the molecule is COC(=O)c1cc2c(s1)CSCc1sc(C(=O)OC)cc1CSC2. The summed E-state index contributed by atoms with van der Waals surface area (Å²) in [6.45, 7) is 0. The molecule has 0 fully saturated rings. The lowest BCUT2D eigenvalue weighted by molar-refractivity contribution is 0.0597. The van der Waals surface area contributed by atoms with Crippen molar-refractivity contribution in [3.63, 3.8) is 0 Å². The number of fused-ring (bicyclic) bond motifs is 2. The maximum Gasteiger partial charge on any atom is 0.348 e. The first-order chi connectivity index (χ1) is 11.6. The van der Waals surface area contributed by atoms with Gasteiger partial charge in [-0.2, -0.15) is 23.5 Å². The molecule has 24 heavy (non-hydrogen) atoms. The second kappa shape index (κ2) is 7.95. The number of thiophene rings is 2. The van der Waals surface area contributed by atoms with E-state index < -0.39 is 0 Å². The van der Waals surface area contributed by atoms with E-state index in [1.165, 1.54) is 57.8 Å². The van der Waals surface area contributed by atoms with E-state index in [0.29, 0.717) is 9.75 Å². The molecule has 8 heteroatoms. The normalized spacial score (nSPS) is 14.4. The van der Waals surface area contributed by atoms with Gasteiger partial charge in [0.1, 0.15) is 9.75 Å². The number of carbonyl (C=O) groups is 2. The van der Waals surface area contributed by atoms with Crippen molar-refractivity contribution in [1.82, 2.24) is 0 Å². The molecule has 0 spiro atoms. The minimum Gasteiger partial charge on any atom is -0.465 e. The van der Waals surface area contributed by atoms with E-state index >= 15 is 0 Å². The summed E-state index contributed by atoms with van der Waals surface area (Å²) in [4.78, 5) is 27.3. The predicted octanol–water partition coefficient (Wildman–Crippen LogP) is 4.56. The number of rotatable bonds is 2. The van der Waals surface area contributed by atoms with E-state index in [2.05, 4.69) is 0 Å². The van der Waals surface area contributed by atoms with Gasteiger partial charge < -0.3 is 9.47 Å². The number of hydrogen-bond donors (Lipinski definition) is 0. The number of carbonyl (C=O) groups excluding carboxylic acids is 2. The van der Waals surface area contributed by atoms with Gasteiger partial charge in [0.25, 0.3) is 0 Å². The van der Waals surface area contributed by atoms with Crippen molar-refractivity contribution >= 4 is 58.1 Å². The lowest BCUT2D eigenvalue weighted by Gasteiger charge is -2.08. The first-order valence-corrected chi connectivity index (χ1v) is 11.1. The van der Waals surface area contributed by atoms with Crippen molar-refractivity contribution in [2.45, 2.75) is 23.0 Å². The molecule has 3 heterocycles. The molecular formula is C16H16O4S4. The molecule has 2 aromatic heterocycles. The topological polar surface area (TPSA) is 52.6 Å². The quantitative estimate of drug-likeness (QED) is 0.689. The molecule has 0 amide bonds. The third-order valence-corrected chi connectivity index (χ3v) is 8.24. The second-order valence-corrected chi connectivity index (χ2v) is 9.33. The Morgan fingerprint density at radius 1 is 0.792 bits per heavy atom. The van der Waals surface area contributed by atoms with Crippen LogP contribution in [0.15, 0.2) is 12.1 Å². The van der Waals surface area contributed by atoms with Gasteiger partial charge in [0.05, 0.1) is 14.2 Å². The molecule has 2 aromatic rings. The molecule has 0 N–H and O–H groups in total. The van der Waals surface area contributed by atoms with Crippen LogP contribution in [0.4, 0.5) is 0 Å². The lowest BCUT2D eigenvalue weighted by Crippen LogP contribution is -1.97. The van der Waals surface area contributed by atoms with Crippen LogP contribution in [0.2, 0.25) is 0 Å². The highest BCUT2D eigenvalue weighted by Crippen LogP contribution is 2.37. The van der Waals surface area contributed by atoms with Gasteiger partial charge in [-0.3, -0.25) is 0 Å². The van der Waals surface area contributed by atoms with Crippen molar-refractivity contribution in [1.29, 1.82) is 0 Å². The van der Waals surface area contributed by atoms with Gasteiger partial charge in [-0.1, -0.05) is 0 Å². The highest BCUT2D eigenvalue weighted by Gasteiger charge is 2.19. The standard InChI is InChI=1S/C16H16O4S4/c1-19-15(17)11-3-9-5-21-6-10-4-12(16(18)20-2)24-14(10)8-22-7-13(9)23-11/h3-4H,5-8H2,1-2H3. The fourth-order valence-electron chi connectivity index (χ4n) is 2.33. The Bertz CT molecular complexity index is 655. The van der Waals surface area contributed by atoms with Gasteiger partial charge in [-0.05, 0) is 23.3 Å². The van der Waals surface area contributed by atoms with Crippen LogP contribution in [0.5, 0.6) is 0 Å². The van der Waals surface area contributed by atoms with Crippen LogP contribution in [0.25, 0.3) is 0 Å². The lowest BCUT2D eigenvalue weighted by atomic mass is 10.3. The van der Waals surface area contributed by atoms with Crippen LogP contribution in [-0.4, -0.2) is 26.2 Å². The summed E-state index contributed by atoms with van der Waals surface area (Å²) in [7, 11) is 2.83. The van der Waals surface area contributed by atoms with Crippen LogP contribution in [0, 0.1) is 0 Å². The molecule has 0 saturated heterocycles. The average molecular weight is 401 g/mol. The van der Waals surface area contributed by atoms with E-state index in [1.54, 1.807) is 11.8 Å². The molecule has 0 radical (unpaired) electrons. The zero-order valence-corrected chi connectivity index (χ0v) is 16.5. The Balaban J connectivity index is 1.79. The number of methoxy groups -OCH3 is 2. The summed E-state index contributed by atoms with van der Waals surface area (Å²) >= 11 is 6.66. The Labute approximate surface area is 156 Å². The zero-order chi connectivity index (χ0) is 17.1. The molecule has 4 nitrogen and oxygen atoms in total. The van der Waals surface area contributed by atoms with Crippen molar-refractivity contribution < 1.29 is 19.1 Å². The van der Waals surface area contributed by atoms with Crippen molar-refractivity contribution in [2.75, 3.05) is 14.2 Å². The molecule has 1 aliphatic heterocycles. The van der Waals surface area contributed by atoms with Gasteiger partial charge in [0.2, 0.25) is 0 Å². The summed E-state index contributed by atoms with van der Waals surface area (Å²) in [6, 6.07) is 3.91. The number of hydrogen-bond acceptors (Lipinski definition) is 8. The van der Waals surface area contributed by atoms with Crippen LogP contribution >= 0.6 is 46.2 Å². The molecule has 3 rings (SSSR count). The van der Waals surface area contributed by atoms with Gasteiger partial charge in [0, 0.05) is 32.8 Å². The number of ether oxygens (including phenoxy) is 2. The Morgan fingerprint density at radius 2 is 1.21 bits per heavy atom.